The molecule has 0 fully saturated rings. The molecule has 3 N–H and O–H groups in total. The van der Waals surface area contributed by atoms with Gasteiger partial charge in [0.15, 0.2) is 0 Å². The lowest BCUT2D eigenvalue weighted by atomic mass is 9.95. The second kappa shape index (κ2) is 9.58. The summed E-state index contributed by atoms with van der Waals surface area (Å²) >= 11 is 0. The largest absolute Gasteiger partial charge is 0.341 e. The standard InChI is InChI=1S/C26H26N4O2/c1-17-16-20(12-14-23(31)30-32)18(2)25-24(17)28-26(29-25)21(22-10-6-7-15-27-22)13-11-19-8-4-3-5-9-19/h3-10,12,14-16,21,32H,11,13H2,1-2H3,(H,28,29)(H,30,31). The maximum Gasteiger partial charge on any atom is 0.267 e. The highest BCUT2D eigenvalue weighted by Gasteiger charge is 2.21. The number of amides is 1. The smallest absolute Gasteiger partial charge is 0.267 e. The Balaban J connectivity index is 1.73. The predicted octanol–water partition coefficient (Wildman–Crippen LogP) is 4.86. The molecule has 0 bridgehead atoms. The topological polar surface area (TPSA) is 90.9 Å². The van der Waals surface area contributed by atoms with Gasteiger partial charge in [-0.3, -0.25) is 15.0 Å². The van der Waals surface area contributed by atoms with E-state index in [0.29, 0.717) is 0 Å². The number of nitrogens with zero attached hydrogens (tertiary/aromatic N) is 2. The summed E-state index contributed by atoms with van der Waals surface area (Å²) in [5.74, 6) is 0.348. The van der Waals surface area contributed by atoms with Crippen molar-refractivity contribution in [2.45, 2.75) is 32.6 Å². The van der Waals surface area contributed by atoms with Crippen LogP contribution in [0, 0.1) is 13.8 Å². The third-order valence-electron chi connectivity index (χ3n) is 5.74. The number of benzene rings is 2. The lowest BCUT2D eigenvalue weighted by Gasteiger charge is -2.14. The number of pyridine rings is 1. The minimum Gasteiger partial charge on any atom is -0.341 e. The zero-order valence-corrected chi connectivity index (χ0v) is 18.2. The van der Waals surface area contributed by atoms with Gasteiger partial charge >= 0.3 is 0 Å². The molecule has 4 aromatic rings. The van der Waals surface area contributed by atoms with Crippen molar-refractivity contribution in [2.75, 3.05) is 0 Å². The number of nitrogens with one attached hydrogen (secondary N) is 2. The summed E-state index contributed by atoms with van der Waals surface area (Å²) in [6.07, 6.45) is 6.61. The zero-order valence-electron chi connectivity index (χ0n) is 18.2. The predicted molar refractivity (Wildman–Crippen MR) is 125 cm³/mol. The Morgan fingerprint density at radius 2 is 1.94 bits per heavy atom. The van der Waals surface area contributed by atoms with Gasteiger partial charge in [-0.2, -0.15) is 0 Å². The summed E-state index contributed by atoms with van der Waals surface area (Å²) in [6.45, 7) is 4.01. The van der Waals surface area contributed by atoms with Crippen LogP contribution >= 0.6 is 0 Å². The van der Waals surface area contributed by atoms with Crippen molar-refractivity contribution >= 4 is 23.0 Å². The van der Waals surface area contributed by atoms with Crippen molar-refractivity contribution in [3.63, 3.8) is 0 Å². The highest BCUT2D eigenvalue weighted by Crippen LogP contribution is 2.31. The number of hydrogen-bond acceptors (Lipinski definition) is 4. The van der Waals surface area contributed by atoms with Gasteiger partial charge in [0.05, 0.1) is 22.6 Å². The van der Waals surface area contributed by atoms with Crippen molar-refractivity contribution in [1.29, 1.82) is 0 Å². The summed E-state index contributed by atoms with van der Waals surface area (Å²) in [5.41, 5.74) is 8.66. The molecule has 0 aliphatic rings. The van der Waals surface area contributed by atoms with E-state index in [1.54, 1.807) is 11.6 Å². The molecule has 0 saturated heterocycles. The van der Waals surface area contributed by atoms with Crippen molar-refractivity contribution in [3.8, 4) is 0 Å². The van der Waals surface area contributed by atoms with Crippen LogP contribution in [0.15, 0.2) is 66.9 Å². The number of rotatable bonds is 7. The fourth-order valence-corrected chi connectivity index (χ4v) is 4.01. The van der Waals surface area contributed by atoms with E-state index in [9.17, 15) is 4.79 Å². The van der Waals surface area contributed by atoms with Gasteiger partial charge in [0.2, 0.25) is 0 Å². The average molecular weight is 427 g/mol. The van der Waals surface area contributed by atoms with Crippen LogP contribution < -0.4 is 5.48 Å². The molecule has 2 aromatic heterocycles. The van der Waals surface area contributed by atoms with Gasteiger partial charge in [-0.25, -0.2) is 10.5 Å². The second-order valence-electron chi connectivity index (χ2n) is 7.89. The molecule has 1 unspecified atom stereocenters. The summed E-state index contributed by atoms with van der Waals surface area (Å²) in [4.78, 5) is 24.6. The van der Waals surface area contributed by atoms with Crippen molar-refractivity contribution in [3.05, 3.63) is 101 Å². The molecule has 1 atom stereocenters. The number of hydroxylamine groups is 1. The molecule has 2 aromatic carbocycles. The number of hydrogen-bond donors (Lipinski definition) is 3. The Morgan fingerprint density at radius 3 is 2.66 bits per heavy atom. The third kappa shape index (κ3) is 4.60. The SMILES string of the molecule is Cc1cc(C=CC(=O)NO)c(C)c2[nH]c(C(CCc3ccccc3)c3ccccn3)nc12. The van der Waals surface area contributed by atoms with E-state index >= 15 is 0 Å². The van der Waals surface area contributed by atoms with Gasteiger partial charge in [0.1, 0.15) is 5.82 Å². The van der Waals surface area contributed by atoms with E-state index in [-0.39, 0.29) is 5.92 Å². The van der Waals surface area contributed by atoms with Crippen molar-refractivity contribution in [1.82, 2.24) is 20.4 Å². The first kappa shape index (κ1) is 21.5. The molecule has 0 aliphatic heterocycles. The van der Waals surface area contributed by atoms with Crippen LogP contribution in [0.25, 0.3) is 17.1 Å². The minimum atomic E-state index is -0.566. The van der Waals surface area contributed by atoms with Crippen LogP contribution in [0.4, 0.5) is 0 Å². The first-order valence-electron chi connectivity index (χ1n) is 10.6. The van der Waals surface area contributed by atoms with Crippen LogP contribution in [0.2, 0.25) is 0 Å². The molecule has 32 heavy (non-hydrogen) atoms. The molecule has 0 spiro atoms. The second-order valence-corrected chi connectivity index (χ2v) is 7.89. The maximum absolute atomic E-state index is 11.4. The summed E-state index contributed by atoms with van der Waals surface area (Å²) in [5, 5.41) is 8.74. The maximum atomic E-state index is 11.4. The lowest BCUT2D eigenvalue weighted by molar-refractivity contribution is -0.124. The van der Waals surface area contributed by atoms with Crippen molar-refractivity contribution < 1.29 is 10.0 Å². The molecular formula is C26H26N4O2. The number of carbonyl (C=O) groups excluding carboxylic acids is 1. The Morgan fingerprint density at radius 1 is 1.16 bits per heavy atom. The zero-order chi connectivity index (χ0) is 22.5. The van der Waals surface area contributed by atoms with Gasteiger partial charge in [0.25, 0.3) is 5.91 Å². The average Bonchev–Trinajstić information content (AvgIpc) is 3.28. The summed E-state index contributed by atoms with van der Waals surface area (Å²) in [6, 6.07) is 18.4. The van der Waals surface area contributed by atoms with E-state index in [1.165, 1.54) is 11.6 Å². The van der Waals surface area contributed by atoms with Crippen molar-refractivity contribution in [2.24, 2.45) is 0 Å². The first-order valence-corrected chi connectivity index (χ1v) is 10.6. The quantitative estimate of drug-likeness (QED) is 0.224. The highest BCUT2D eigenvalue weighted by molar-refractivity contribution is 5.93. The van der Waals surface area contributed by atoms with Crippen LogP contribution in [-0.2, 0) is 11.2 Å². The number of imidazole rings is 1. The fourth-order valence-electron chi connectivity index (χ4n) is 4.01. The van der Waals surface area contributed by atoms with Crippen LogP contribution in [-0.4, -0.2) is 26.1 Å². The van der Waals surface area contributed by atoms with E-state index in [2.05, 4.69) is 34.2 Å². The van der Waals surface area contributed by atoms with Gasteiger partial charge in [0, 0.05) is 12.3 Å². The Labute approximate surface area is 187 Å². The number of aryl methyl sites for hydroxylation is 3. The summed E-state index contributed by atoms with van der Waals surface area (Å²) < 4.78 is 0. The number of fused-ring (bicyclic) bond motifs is 1. The van der Waals surface area contributed by atoms with Gasteiger partial charge < -0.3 is 4.98 Å². The summed E-state index contributed by atoms with van der Waals surface area (Å²) in [7, 11) is 0. The fraction of sp³-hybridized carbons (Fsp3) is 0.192. The Kier molecular flexibility index (Phi) is 6.42. The Hall–Kier alpha value is -3.77. The number of aromatic nitrogens is 3. The minimum absolute atomic E-state index is 0.0294. The molecule has 6 heteroatoms. The molecule has 2 heterocycles. The molecule has 0 aliphatic carbocycles. The molecule has 4 rings (SSSR count). The van der Waals surface area contributed by atoms with E-state index in [1.807, 2.05) is 50.4 Å². The Bertz CT molecular complexity index is 1250. The molecule has 6 nitrogen and oxygen atoms in total. The first-order chi connectivity index (χ1) is 15.6. The number of H-pyrrole nitrogens is 1. The molecule has 0 radical (unpaired) electrons. The van der Waals surface area contributed by atoms with E-state index < -0.39 is 5.91 Å². The monoisotopic (exact) mass is 426 g/mol. The number of aromatic amines is 1. The highest BCUT2D eigenvalue weighted by atomic mass is 16.5. The van der Waals surface area contributed by atoms with E-state index in [0.717, 1.165) is 52.1 Å². The molecule has 162 valence electrons. The molecular weight excluding hydrogens is 400 g/mol. The van der Waals surface area contributed by atoms with Crippen LogP contribution in [0.3, 0.4) is 0 Å². The van der Waals surface area contributed by atoms with Crippen LogP contribution in [0.1, 0.15) is 46.1 Å². The lowest BCUT2D eigenvalue weighted by Crippen LogP contribution is -2.14. The van der Waals surface area contributed by atoms with E-state index in [4.69, 9.17) is 10.2 Å². The normalized spacial score (nSPS) is 12.3. The van der Waals surface area contributed by atoms with Gasteiger partial charge in [-0.15, -0.1) is 0 Å². The number of carbonyl (C=O) groups is 1. The van der Waals surface area contributed by atoms with Gasteiger partial charge in [-0.1, -0.05) is 36.4 Å². The van der Waals surface area contributed by atoms with Gasteiger partial charge in [-0.05, 0) is 73.2 Å². The third-order valence-corrected chi connectivity index (χ3v) is 5.74. The van der Waals surface area contributed by atoms with Crippen LogP contribution in [0.5, 0.6) is 0 Å². The molecule has 1 amide bonds. The molecule has 0 saturated carbocycles.